The molecule has 2 aromatic heterocycles. The maximum absolute atomic E-state index is 12.5. The number of fused-ring (bicyclic) bond motifs is 1. The van der Waals surface area contributed by atoms with Crippen LogP contribution in [0, 0.1) is 6.92 Å². The molecule has 7 heteroatoms. The number of imidazole rings is 1. The second-order valence-electron chi connectivity index (χ2n) is 6.95. The zero-order valence-electron chi connectivity index (χ0n) is 16.8. The first-order valence-electron chi connectivity index (χ1n) is 9.65. The van der Waals surface area contributed by atoms with Crippen molar-refractivity contribution in [1.29, 1.82) is 0 Å². The van der Waals surface area contributed by atoms with Gasteiger partial charge in [-0.3, -0.25) is 14.1 Å². The van der Waals surface area contributed by atoms with Gasteiger partial charge in [-0.2, -0.15) is 0 Å². The third-order valence-corrected chi connectivity index (χ3v) is 4.86. The molecule has 0 fully saturated rings. The molecular weight excluding hydrogens is 354 g/mol. The number of rotatable bonds is 6. The zero-order valence-corrected chi connectivity index (χ0v) is 16.8. The molecule has 1 atom stereocenters. The third-order valence-electron chi connectivity index (χ3n) is 4.86. The molecule has 0 aliphatic rings. The Hall–Kier alpha value is -3.09. The van der Waals surface area contributed by atoms with E-state index < -0.39 is 0 Å². The minimum Gasteiger partial charge on any atom is -0.335 e. The van der Waals surface area contributed by atoms with Crippen LogP contribution in [0.25, 0.3) is 11.0 Å². The van der Waals surface area contributed by atoms with Crippen LogP contribution in [0.15, 0.2) is 41.3 Å². The molecule has 2 amide bonds. The molecule has 0 spiro atoms. The Bertz CT molecular complexity index is 1040. The number of amides is 2. The molecule has 1 aromatic carbocycles. The van der Waals surface area contributed by atoms with Gasteiger partial charge in [0.25, 0.3) is 0 Å². The van der Waals surface area contributed by atoms with E-state index in [-0.39, 0.29) is 17.8 Å². The summed E-state index contributed by atoms with van der Waals surface area (Å²) in [7, 11) is 0. The summed E-state index contributed by atoms with van der Waals surface area (Å²) in [5.41, 5.74) is 4.24. The molecule has 2 heterocycles. The lowest BCUT2D eigenvalue weighted by molar-refractivity contribution is 0.249. The van der Waals surface area contributed by atoms with Gasteiger partial charge in [0.1, 0.15) is 0 Å². The van der Waals surface area contributed by atoms with E-state index in [0.717, 1.165) is 22.3 Å². The Morgan fingerprint density at radius 1 is 1.14 bits per heavy atom. The molecule has 2 N–H and O–H groups in total. The van der Waals surface area contributed by atoms with E-state index in [2.05, 4.69) is 15.6 Å². The second kappa shape index (κ2) is 8.29. The molecule has 0 saturated carbocycles. The average molecular weight is 381 g/mol. The highest BCUT2D eigenvalue weighted by Gasteiger charge is 2.15. The molecule has 3 aromatic rings. The van der Waals surface area contributed by atoms with E-state index in [9.17, 15) is 9.59 Å². The Balaban J connectivity index is 1.79. The van der Waals surface area contributed by atoms with Gasteiger partial charge >= 0.3 is 11.7 Å². The van der Waals surface area contributed by atoms with E-state index >= 15 is 0 Å². The van der Waals surface area contributed by atoms with Crippen molar-refractivity contribution in [2.75, 3.05) is 5.32 Å². The van der Waals surface area contributed by atoms with Crippen molar-refractivity contribution in [1.82, 2.24) is 19.4 Å². The molecule has 0 bridgehead atoms. The van der Waals surface area contributed by atoms with Crippen molar-refractivity contribution in [2.24, 2.45) is 0 Å². The lowest BCUT2D eigenvalue weighted by Gasteiger charge is -2.15. The Kier molecular flexibility index (Phi) is 5.82. The zero-order chi connectivity index (χ0) is 20.3. The van der Waals surface area contributed by atoms with Crippen molar-refractivity contribution in [3.63, 3.8) is 0 Å². The fourth-order valence-electron chi connectivity index (χ4n) is 3.48. The number of nitrogens with zero attached hydrogens (tertiary/aromatic N) is 3. The molecule has 0 aliphatic carbocycles. The molecule has 0 radical (unpaired) electrons. The lowest BCUT2D eigenvalue weighted by Crippen LogP contribution is -2.37. The van der Waals surface area contributed by atoms with Gasteiger partial charge in [-0.15, -0.1) is 0 Å². The number of aryl methyl sites for hydroxylation is 3. The summed E-state index contributed by atoms with van der Waals surface area (Å²) in [5, 5.41) is 5.87. The number of nitrogens with one attached hydrogen (secondary N) is 2. The van der Waals surface area contributed by atoms with E-state index in [0.29, 0.717) is 25.2 Å². The Morgan fingerprint density at radius 3 is 2.43 bits per heavy atom. The third kappa shape index (κ3) is 3.93. The highest BCUT2D eigenvalue weighted by Crippen LogP contribution is 2.23. The fraction of sp³-hybridized carbons (Fsp3) is 0.381. The summed E-state index contributed by atoms with van der Waals surface area (Å²) in [4.78, 5) is 29.3. The van der Waals surface area contributed by atoms with Gasteiger partial charge in [0.05, 0.1) is 11.0 Å². The van der Waals surface area contributed by atoms with Gasteiger partial charge in [0.2, 0.25) is 0 Å². The normalized spacial score (nSPS) is 12.1. The number of anilines is 1. The van der Waals surface area contributed by atoms with Crippen molar-refractivity contribution < 1.29 is 4.79 Å². The molecule has 3 rings (SSSR count). The number of carbonyl (C=O) groups excluding carboxylic acids is 1. The maximum Gasteiger partial charge on any atom is 0.329 e. The highest BCUT2D eigenvalue weighted by atomic mass is 16.2. The van der Waals surface area contributed by atoms with Crippen LogP contribution in [0.4, 0.5) is 10.5 Å². The number of hydrogen-bond acceptors (Lipinski definition) is 3. The quantitative estimate of drug-likeness (QED) is 0.687. The molecular formula is C21H27N5O2. The van der Waals surface area contributed by atoms with Crippen LogP contribution in [0.5, 0.6) is 0 Å². The number of aromatic nitrogens is 3. The van der Waals surface area contributed by atoms with Gasteiger partial charge in [0.15, 0.2) is 0 Å². The summed E-state index contributed by atoms with van der Waals surface area (Å²) in [6.45, 7) is 8.97. The lowest BCUT2D eigenvalue weighted by atomic mass is 10.1. The van der Waals surface area contributed by atoms with E-state index in [1.807, 2.05) is 58.0 Å². The van der Waals surface area contributed by atoms with Crippen LogP contribution >= 0.6 is 0 Å². The topological polar surface area (TPSA) is 81.0 Å². The summed E-state index contributed by atoms with van der Waals surface area (Å²) in [6.07, 6.45) is 2.40. The van der Waals surface area contributed by atoms with Crippen molar-refractivity contribution in [3.8, 4) is 0 Å². The van der Waals surface area contributed by atoms with Crippen LogP contribution in [0.3, 0.4) is 0 Å². The predicted octanol–water partition coefficient (Wildman–Crippen LogP) is 3.30. The molecule has 0 saturated heterocycles. The van der Waals surface area contributed by atoms with E-state index in [4.69, 9.17) is 0 Å². The summed E-state index contributed by atoms with van der Waals surface area (Å²) < 4.78 is 3.48. The first-order chi connectivity index (χ1) is 13.4. The monoisotopic (exact) mass is 381 g/mol. The van der Waals surface area contributed by atoms with Crippen molar-refractivity contribution in [3.05, 3.63) is 58.3 Å². The van der Waals surface area contributed by atoms with Gasteiger partial charge in [0, 0.05) is 43.1 Å². The van der Waals surface area contributed by atoms with Gasteiger partial charge in [-0.1, -0.05) is 6.07 Å². The first kappa shape index (κ1) is 19.7. The minimum absolute atomic E-state index is 0.0232. The summed E-state index contributed by atoms with van der Waals surface area (Å²) in [6, 6.07) is 9.25. The predicted molar refractivity (Wildman–Crippen MR) is 112 cm³/mol. The first-order valence-corrected chi connectivity index (χ1v) is 9.65. The standard InChI is InChI=1S/C21H27N5O2/c1-5-25-18-11-14(3)17(13-19(18)26(6-2)21(25)28)24-20(27)23-15(4)12-16-9-7-8-10-22-16/h7-11,13,15H,5-6,12H2,1-4H3,(H2,23,24,27)/t15-/m0/s1. The molecule has 148 valence electrons. The van der Waals surface area contributed by atoms with Crippen LogP contribution in [0.2, 0.25) is 0 Å². The van der Waals surface area contributed by atoms with E-state index in [1.165, 1.54) is 0 Å². The van der Waals surface area contributed by atoms with Crippen LogP contribution in [-0.2, 0) is 19.5 Å². The van der Waals surface area contributed by atoms with Crippen LogP contribution in [0.1, 0.15) is 32.0 Å². The fourth-order valence-corrected chi connectivity index (χ4v) is 3.48. The average Bonchev–Trinajstić information content (AvgIpc) is 2.92. The number of pyridine rings is 1. The van der Waals surface area contributed by atoms with E-state index in [1.54, 1.807) is 15.3 Å². The van der Waals surface area contributed by atoms with Gasteiger partial charge in [-0.05, 0) is 57.5 Å². The van der Waals surface area contributed by atoms with Crippen molar-refractivity contribution in [2.45, 2.75) is 53.2 Å². The number of urea groups is 1. The van der Waals surface area contributed by atoms with Gasteiger partial charge < -0.3 is 10.6 Å². The SMILES string of the molecule is CCn1c(=O)n(CC)c2cc(NC(=O)N[C@@H](C)Cc3ccccn3)c(C)cc21. The van der Waals surface area contributed by atoms with Crippen LogP contribution < -0.4 is 16.3 Å². The Labute approximate surface area is 164 Å². The smallest absolute Gasteiger partial charge is 0.329 e. The Morgan fingerprint density at radius 2 is 1.82 bits per heavy atom. The largest absolute Gasteiger partial charge is 0.335 e. The maximum atomic E-state index is 12.5. The second-order valence-corrected chi connectivity index (χ2v) is 6.95. The van der Waals surface area contributed by atoms with Crippen molar-refractivity contribution >= 4 is 22.8 Å². The molecule has 28 heavy (non-hydrogen) atoms. The number of hydrogen-bond donors (Lipinski definition) is 2. The van der Waals surface area contributed by atoms with Gasteiger partial charge in [-0.25, -0.2) is 9.59 Å². The summed E-state index contributed by atoms with van der Waals surface area (Å²) in [5.74, 6) is 0. The molecule has 0 aliphatic heterocycles. The van der Waals surface area contributed by atoms with Crippen LogP contribution in [-0.4, -0.2) is 26.2 Å². The minimum atomic E-state index is -0.272. The molecule has 7 nitrogen and oxygen atoms in total. The number of benzene rings is 1. The number of carbonyl (C=O) groups is 1. The summed E-state index contributed by atoms with van der Waals surface area (Å²) >= 11 is 0. The molecule has 0 unspecified atom stereocenters. The highest BCUT2D eigenvalue weighted by molar-refractivity contribution is 5.93.